The van der Waals surface area contributed by atoms with Crippen molar-refractivity contribution in [3.63, 3.8) is 0 Å². The molecule has 2 heterocycles. The Hall–Kier alpha value is -2.24. The molecule has 0 unspecified atom stereocenters. The van der Waals surface area contributed by atoms with Crippen molar-refractivity contribution in [2.24, 2.45) is 0 Å². The van der Waals surface area contributed by atoms with E-state index in [9.17, 15) is 4.79 Å². The SMILES string of the molecule is Cc1nnc(-c2ccc(C(=O)O)cn2)o1. The maximum absolute atomic E-state index is 10.6. The molecule has 15 heavy (non-hydrogen) atoms. The molecule has 76 valence electrons. The molecule has 0 atom stereocenters. The zero-order valence-corrected chi connectivity index (χ0v) is 7.84. The molecule has 2 aromatic rings. The van der Waals surface area contributed by atoms with E-state index in [0.717, 1.165) is 0 Å². The summed E-state index contributed by atoms with van der Waals surface area (Å²) >= 11 is 0. The van der Waals surface area contributed by atoms with Gasteiger partial charge in [-0.05, 0) is 12.1 Å². The largest absolute Gasteiger partial charge is 0.478 e. The summed E-state index contributed by atoms with van der Waals surface area (Å²) in [6.07, 6.45) is 1.25. The van der Waals surface area contributed by atoms with Gasteiger partial charge in [-0.25, -0.2) is 4.79 Å². The lowest BCUT2D eigenvalue weighted by molar-refractivity contribution is 0.0696. The maximum Gasteiger partial charge on any atom is 0.337 e. The van der Waals surface area contributed by atoms with Crippen molar-refractivity contribution >= 4 is 5.97 Å². The topological polar surface area (TPSA) is 89.1 Å². The van der Waals surface area contributed by atoms with E-state index < -0.39 is 5.97 Å². The summed E-state index contributed by atoms with van der Waals surface area (Å²) in [7, 11) is 0. The molecule has 0 aliphatic carbocycles. The van der Waals surface area contributed by atoms with Crippen LogP contribution in [0.3, 0.4) is 0 Å². The van der Waals surface area contributed by atoms with Gasteiger partial charge in [-0.15, -0.1) is 10.2 Å². The first kappa shape index (κ1) is 9.32. The van der Waals surface area contributed by atoms with Gasteiger partial charge in [0.15, 0.2) is 0 Å². The summed E-state index contributed by atoms with van der Waals surface area (Å²) in [6, 6.07) is 2.96. The number of aromatic nitrogens is 3. The van der Waals surface area contributed by atoms with E-state index in [1.165, 1.54) is 18.3 Å². The third-order valence-electron chi connectivity index (χ3n) is 1.76. The summed E-state index contributed by atoms with van der Waals surface area (Å²) in [6.45, 7) is 1.67. The van der Waals surface area contributed by atoms with Gasteiger partial charge in [0.1, 0.15) is 5.69 Å². The third kappa shape index (κ3) is 1.83. The number of aryl methyl sites for hydroxylation is 1. The van der Waals surface area contributed by atoms with E-state index in [-0.39, 0.29) is 11.5 Å². The minimum Gasteiger partial charge on any atom is -0.478 e. The zero-order chi connectivity index (χ0) is 10.8. The Balaban J connectivity index is 2.35. The predicted octanol–water partition coefficient (Wildman–Crippen LogP) is 1.14. The summed E-state index contributed by atoms with van der Waals surface area (Å²) in [5, 5.41) is 16.1. The van der Waals surface area contributed by atoms with Crippen LogP contribution in [0.15, 0.2) is 22.7 Å². The first-order valence-corrected chi connectivity index (χ1v) is 4.16. The average Bonchev–Trinajstić information content (AvgIpc) is 2.65. The van der Waals surface area contributed by atoms with Crippen molar-refractivity contribution in [1.82, 2.24) is 15.2 Å². The summed E-state index contributed by atoms with van der Waals surface area (Å²) in [4.78, 5) is 14.5. The molecule has 0 saturated carbocycles. The lowest BCUT2D eigenvalue weighted by Crippen LogP contribution is -1.97. The smallest absolute Gasteiger partial charge is 0.337 e. The number of hydrogen-bond donors (Lipinski definition) is 1. The number of aromatic carboxylic acids is 1. The number of carboxylic acid groups (broad SMARTS) is 1. The number of rotatable bonds is 2. The van der Waals surface area contributed by atoms with Gasteiger partial charge in [-0.3, -0.25) is 4.98 Å². The van der Waals surface area contributed by atoms with Crippen molar-refractivity contribution in [2.75, 3.05) is 0 Å². The standard InChI is InChI=1S/C9H7N3O3/c1-5-11-12-8(15-5)7-3-2-6(4-10-7)9(13)14/h2-4H,1H3,(H,13,14). The molecule has 0 radical (unpaired) electrons. The second-order valence-corrected chi connectivity index (χ2v) is 2.86. The molecule has 2 rings (SSSR count). The van der Waals surface area contributed by atoms with Gasteiger partial charge in [0.05, 0.1) is 5.56 Å². The molecular weight excluding hydrogens is 198 g/mol. The van der Waals surface area contributed by atoms with E-state index in [1.807, 2.05) is 0 Å². The fourth-order valence-corrected chi connectivity index (χ4v) is 1.05. The molecule has 0 fully saturated rings. The zero-order valence-electron chi connectivity index (χ0n) is 7.84. The van der Waals surface area contributed by atoms with Gasteiger partial charge in [0, 0.05) is 13.1 Å². The molecule has 0 amide bonds. The Morgan fingerprint density at radius 3 is 2.67 bits per heavy atom. The third-order valence-corrected chi connectivity index (χ3v) is 1.76. The first-order chi connectivity index (χ1) is 7.16. The van der Waals surface area contributed by atoms with Crippen LogP contribution in [0.2, 0.25) is 0 Å². The minimum atomic E-state index is -1.02. The molecule has 0 aliphatic rings. The van der Waals surface area contributed by atoms with Gasteiger partial charge in [0.25, 0.3) is 5.89 Å². The molecule has 2 aromatic heterocycles. The monoisotopic (exact) mass is 205 g/mol. The first-order valence-electron chi connectivity index (χ1n) is 4.16. The molecule has 0 aromatic carbocycles. The number of hydrogen-bond acceptors (Lipinski definition) is 5. The van der Waals surface area contributed by atoms with Crippen LogP contribution in [0.1, 0.15) is 16.2 Å². The van der Waals surface area contributed by atoms with Gasteiger partial charge >= 0.3 is 5.97 Å². The lowest BCUT2D eigenvalue weighted by Gasteiger charge is -1.94. The molecule has 0 aliphatic heterocycles. The van der Waals surface area contributed by atoms with Crippen molar-refractivity contribution < 1.29 is 14.3 Å². The lowest BCUT2D eigenvalue weighted by atomic mass is 10.2. The average molecular weight is 205 g/mol. The van der Waals surface area contributed by atoms with E-state index in [0.29, 0.717) is 11.6 Å². The van der Waals surface area contributed by atoms with E-state index in [4.69, 9.17) is 9.52 Å². The summed E-state index contributed by atoms with van der Waals surface area (Å²) < 4.78 is 5.14. The fraction of sp³-hybridized carbons (Fsp3) is 0.111. The van der Waals surface area contributed by atoms with Crippen LogP contribution in [0.5, 0.6) is 0 Å². The second kappa shape index (κ2) is 3.49. The molecule has 6 heteroatoms. The Kier molecular flexibility index (Phi) is 2.17. The van der Waals surface area contributed by atoms with Crippen LogP contribution in [-0.2, 0) is 0 Å². The molecule has 0 saturated heterocycles. The number of carboxylic acids is 1. The molecule has 6 nitrogen and oxygen atoms in total. The molecule has 1 N–H and O–H groups in total. The molecule has 0 bridgehead atoms. The predicted molar refractivity (Wildman–Crippen MR) is 49.2 cm³/mol. The van der Waals surface area contributed by atoms with Crippen LogP contribution in [0.4, 0.5) is 0 Å². The van der Waals surface area contributed by atoms with Gasteiger partial charge in [0.2, 0.25) is 5.89 Å². The van der Waals surface area contributed by atoms with Crippen molar-refractivity contribution in [3.8, 4) is 11.6 Å². The number of pyridine rings is 1. The Morgan fingerprint density at radius 1 is 1.40 bits per heavy atom. The van der Waals surface area contributed by atoms with Crippen molar-refractivity contribution in [1.29, 1.82) is 0 Å². The molecular formula is C9H7N3O3. The van der Waals surface area contributed by atoms with E-state index >= 15 is 0 Å². The quantitative estimate of drug-likeness (QED) is 0.790. The van der Waals surface area contributed by atoms with Gasteiger partial charge in [-0.2, -0.15) is 0 Å². The summed E-state index contributed by atoms with van der Waals surface area (Å²) in [5.74, 6) is -0.297. The van der Waals surface area contributed by atoms with Crippen LogP contribution in [-0.4, -0.2) is 26.3 Å². The second-order valence-electron chi connectivity index (χ2n) is 2.86. The van der Waals surface area contributed by atoms with E-state index in [1.54, 1.807) is 6.92 Å². The van der Waals surface area contributed by atoms with E-state index in [2.05, 4.69) is 15.2 Å². The van der Waals surface area contributed by atoms with Crippen LogP contribution >= 0.6 is 0 Å². The normalized spacial score (nSPS) is 10.2. The van der Waals surface area contributed by atoms with Gasteiger partial charge < -0.3 is 9.52 Å². The Morgan fingerprint density at radius 2 is 2.20 bits per heavy atom. The minimum absolute atomic E-state index is 0.120. The number of nitrogens with zero attached hydrogens (tertiary/aromatic N) is 3. The van der Waals surface area contributed by atoms with Crippen LogP contribution in [0.25, 0.3) is 11.6 Å². The van der Waals surface area contributed by atoms with Crippen molar-refractivity contribution in [2.45, 2.75) is 6.92 Å². The Labute approximate surface area is 84.6 Å². The number of carbonyl (C=O) groups is 1. The highest BCUT2D eigenvalue weighted by atomic mass is 16.4. The summed E-state index contributed by atoms with van der Waals surface area (Å²) in [5.41, 5.74) is 0.579. The fourth-order valence-electron chi connectivity index (χ4n) is 1.05. The van der Waals surface area contributed by atoms with Crippen LogP contribution in [0, 0.1) is 6.92 Å². The Bertz CT molecular complexity index is 490. The maximum atomic E-state index is 10.6. The van der Waals surface area contributed by atoms with Gasteiger partial charge in [-0.1, -0.05) is 0 Å². The van der Waals surface area contributed by atoms with Crippen LogP contribution < -0.4 is 0 Å². The highest BCUT2D eigenvalue weighted by molar-refractivity contribution is 5.87. The highest BCUT2D eigenvalue weighted by Crippen LogP contribution is 2.14. The highest BCUT2D eigenvalue weighted by Gasteiger charge is 2.08. The van der Waals surface area contributed by atoms with Crippen molar-refractivity contribution in [3.05, 3.63) is 29.8 Å². The molecule has 0 spiro atoms.